The van der Waals surface area contributed by atoms with Gasteiger partial charge in [-0.3, -0.25) is 0 Å². The van der Waals surface area contributed by atoms with Crippen molar-refractivity contribution < 1.29 is 4.52 Å². The first-order chi connectivity index (χ1) is 8.65. The zero-order chi connectivity index (χ0) is 12.7. The summed E-state index contributed by atoms with van der Waals surface area (Å²) in [5.41, 5.74) is 8.05. The largest absolute Gasteiger partial charge is 0.339 e. The van der Waals surface area contributed by atoms with Gasteiger partial charge in [0.25, 0.3) is 0 Å². The number of aryl methyl sites for hydroxylation is 1. The Morgan fingerprint density at radius 1 is 1.44 bits per heavy atom. The molecule has 0 saturated heterocycles. The topological polar surface area (TPSA) is 64.9 Å². The van der Waals surface area contributed by atoms with Crippen molar-refractivity contribution in [1.82, 2.24) is 10.1 Å². The highest BCUT2D eigenvalue weighted by atomic mass is 35.5. The third-order valence-electron chi connectivity index (χ3n) is 3.22. The van der Waals surface area contributed by atoms with Crippen LogP contribution in [0.15, 0.2) is 22.7 Å². The van der Waals surface area contributed by atoms with E-state index >= 15 is 0 Å². The maximum Gasteiger partial charge on any atom is 0.229 e. The third kappa shape index (κ3) is 2.13. The maximum atomic E-state index is 6.13. The van der Waals surface area contributed by atoms with Crippen molar-refractivity contribution >= 4 is 11.6 Å². The van der Waals surface area contributed by atoms with E-state index in [1.54, 1.807) is 0 Å². The Hall–Kier alpha value is -1.39. The molecule has 2 N–H and O–H groups in total. The third-order valence-corrected chi connectivity index (χ3v) is 3.62. The molecule has 5 heteroatoms. The molecular weight excluding hydrogens is 250 g/mol. The molecule has 0 aliphatic heterocycles. The summed E-state index contributed by atoms with van der Waals surface area (Å²) < 4.78 is 5.21. The van der Waals surface area contributed by atoms with Gasteiger partial charge in [0.05, 0.1) is 6.04 Å². The van der Waals surface area contributed by atoms with Gasteiger partial charge in [-0.1, -0.05) is 28.9 Å². The van der Waals surface area contributed by atoms with Gasteiger partial charge in [0.15, 0.2) is 5.82 Å². The molecule has 94 valence electrons. The Kier molecular flexibility index (Phi) is 2.84. The molecule has 18 heavy (non-hydrogen) atoms. The molecule has 0 amide bonds. The highest BCUT2D eigenvalue weighted by molar-refractivity contribution is 6.31. The molecular formula is C13H14ClN3O. The molecule has 2 aromatic rings. The van der Waals surface area contributed by atoms with Crippen LogP contribution < -0.4 is 5.73 Å². The molecule has 1 fully saturated rings. The predicted molar refractivity (Wildman–Crippen MR) is 68.5 cm³/mol. The molecule has 1 aromatic heterocycles. The normalized spacial score (nSPS) is 16.8. The second kappa shape index (κ2) is 4.37. The lowest BCUT2D eigenvalue weighted by Gasteiger charge is -2.08. The van der Waals surface area contributed by atoms with Gasteiger partial charge in [0.1, 0.15) is 0 Å². The van der Waals surface area contributed by atoms with E-state index in [4.69, 9.17) is 21.9 Å². The summed E-state index contributed by atoms with van der Waals surface area (Å²) in [7, 11) is 0. The zero-order valence-electron chi connectivity index (χ0n) is 10.1. The smallest absolute Gasteiger partial charge is 0.229 e. The standard InChI is InChI=1S/C13H14ClN3O/c1-7-2-3-9(6-10(7)14)11(15)12-16-13(18-17-12)8-4-5-8/h2-3,6,8,11H,4-5,15H2,1H3. The van der Waals surface area contributed by atoms with E-state index < -0.39 is 0 Å². The molecule has 1 aliphatic carbocycles. The summed E-state index contributed by atoms with van der Waals surface area (Å²) >= 11 is 6.09. The lowest BCUT2D eigenvalue weighted by atomic mass is 10.1. The van der Waals surface area contributed by atoms with E-state index in [1.807, 2.05) is 25.1 Å². The SMILES string of the molecule is Cc1ccc(C(N)c2noc(C3CC3)n2)cc1Cl. The van der Waals surface area contributed by atoms with Gasteiger partial charge < -0.3 is 10.3 Å². The van der Waals surface area contributed by atoms with Crippen LogP contribution in [-0.4, -0.2) is 10.1 Å². The van der Waals surface area contributed by atoms with Crippen LogP contribution in [0.2, 0.25) is 5.02 Å². The lowest BCUT2D eigenvalue weighted by Crippen LogP contribution is -2.13. The first-order valence-electron chi connectivity index (χ1n) is 6.00. The van der Waals surface area contributed by atoms with Gasteiger partial charge in [-0.25, -0.2) is 0 Å². The van der Waals surface area contributed by atoms with Crippen molar-refractivity contribution in [3.63, 3.8) is 0 Å². The molecule has 0 spiro atoms. The number of hydrogen-bond donors (Lipinski definition) is 1. The Labute approximate surface area is 110 Å². The van der Waals surface area contributed by atoms with Crippen LogP contribution in [0.4, 0.5) is 0 Å². The van der Waals surface area contributed by atoms with Crippen LogP contribution in [0.5, 0.6) is 0 Å². The average Bonchev–Trinajstić information content (AvgIpc) is 3.10. The number of aromatic nitrogens is 2. The van der Waals surface area contributed by atoms with Crippen molar-refractivity contribution in [3.8, 4) is 0 Å². The predicted octanol–water partition coefficient (Wildman–Crippen LogP) is 2.96. The summed E-state index contributed by atoms with van der Waals surface area (Å²) in [5.74, 6) is 1.68. The highest BCUT2D eigenvalue weighted by Gasteiger charge is 2.30. The average molecular weight is 264 g/mol. The highest BCUT2D eigenvalue weighted by Crippen LogP contribution is 2.39. The van der Waals surface area contributed by atoms with Crippen LogP contribution in [0, 0.1) is 6.92 Å². The fraction of sp³-hybridized carbons (Fsp3) is 0.385. The minimum Gasteiger partial charge on any atom is -0.339 e. The van der Waals surface area contributed by atoms with Crippen molar-refractivity contribution in [2.24, 2.45) is 5.73 Å². The van der Waals surface area contributed by atoms with E-state index in [1.165, 1.54) is 0 Å². The van der Waals surface area contributed by atoms with Crippen molar-refractivity contribution in [2.75, 3.05) is 0 Å². The summed E-state index contributed by atoms with van der Waals surface area (Å²) in [6, 6.07) is 5.35. The van der Waals surface area contributed by atoms with E-state index in [9.17, 15) is 0 Å². The van der Waals surface area contributed by atoms with Crippen molar-refractivity contribution in [3.05, 3.63) is 46.1 Å². The number of halogens is 1. The quantitative estimate of drug-likeness (QED) is 0.925. The van der Waals surface area contributed by atoms with Crippen molar-refractivity contribution in [1.29, 1.82) is 0 Å². The van der Waals surface area contributed by atoms with Crippen LogP contribution in [0.1, 0.15) is 47.6 Å². The Bertz CT molecular complexity index is 577. The fourth-order valence-corrected chi connectivity index (χ4v) is 2.01. The van der Waals surface area contributed by atoms with Gasteiger partial charge in [0, 0.05) is 10.9 Å². The van der Waals surface area contributed by atoms with E-state index in [0.717, 1.165) is 24.0 Å². The van der Waals surface area contributed by atoms with Gasteiger partial charge in [-0.2, -0.15) is 4.98 Å². The molecule has 1 aliphatic rings. The van der Waals surface area contributed by atoms with Gasteiger partial charge in [0.2, 0.25) is 5.89 Å². The van der Waals surface area contributed by atoms with Gasteiger partial charge in [-0.05, 0) is 37.0 Å². The van der Waals surface area contributed by atoms with Gasteiger partial charge >= 0.3 is 0 Å². The van der Waals surface area contributed by atoms with E-state index in [2.05, 4.69) is 10.1 Å². The van der Waals surface area contributed by atoms with E-state index in [-0.39, 0.29) is 6.04 Å². The summed E-state index contributed by atoms with van der Waals surface area (Å²) in [6.07, 6.45) is 2.26. The lowest BCUT2D eigenvalue weighted by molar-refractivity contribution is 0.372. The summed E-state index contributed by atoms with van der Waals surface area (Å²) in [6.45, 7) is 1.96. The number of hydrogen-bond acceptors (Lipinski definition) is 4. The second-order valence-corrected chi connectivity index (χ2v) is 5.16. The maximum absolute atomic E-state index is 6.13. The molecule has 1 aromatic carbocycles. The number of nitrogens with zero attached hydrogens (tertiary/aromatic N) is 2. The zero-order valence-corrected chi connectivity index (χ0v) is 10.8. The van der Waals surface area contributed by atoms with Crippen molar-refractivity contribution in [2.45, 2.75) is 31.7 Å². The Morgan fingerprint density at radius 2 is 2.22 bits per heavy atom. The molecule has 3 rings (SSSR count). The monoisotopic (exact) mass is 263 g/mol. The Balaban J connectivity index is 1.87. The van der Waals surface area contributed by atoms with Gasteiger partial charge in [-0.15, -0.1) is 0 Å². The number of nitrogens with two attached hydrogens (primary N) is 1. The minimum atomic E-state index is -0.389. The first kappa shape index (κ1) is 11.7. The molecule has 1 atom stereocenters. The number of rotatable bonds is 3. The molecule has 1 heterocycles. The van der Waals surface area contributed by atoms with Crippen LogP contribution in [-0.2, 0) is 0 Å². The summed E-state index contributed by atoms with van der Waals surface area (Å²) in [4.78, 5) is 4.35. The molecule has 0 radical (unpaired) electrons. The van der Waals surface area contributed by atoms with E-state index in [0.29, 0.717) is 22.7 Å². The van der Waals surface area contributed by atoms with Crippen LogP contribution >= 0.6 is 11.6 Å². The van der Waals surface area contributed by atoms with Crippen LogP contribution in [0.25, 0.3) is 0 Å². The molecule has 0 bridgehead atoms. The molecule has 1 unspecified atom stereocenters. The molecule has 4 nitrogen and oxygen atoms in total. The minimum absolute atomic E-state index is 0.389. The summed E-state index contributed by atoms with van der Waals surface area (Å²) in [5, 5.41) is 4.65. The molecule has 1 saturated carbocycles. The Morgan fingerprint density at radius 3 is 2.89 bits per heavy atom. The fourth-order valence-electron chi connectivity index (χ4n) is 1.82. The van der Waals surface area contributed by atoms with Crippen LogP contribution in [0.3, 0.4) is 0 Å². The second-order valence-electron chi connectivity index (χ2n) is 4.75. The number of benzene rings is 1. The first-order valence-corrected chi connectivity index (χ1v) is 6.38.